The van der Waals surface area contributed by atoms with E-state index in [1.165, 1.54) is 6.07 Å². The summed E-state index contributed by atoms with van der Waals surface area (Å²) in [6.07, 6.45) is 4.53. The highest BCUT2D eigenvalue weighted by atomic mass is 16.2. The second-order valence-electron chi connectivity index (χ2n) is 20.7. The van der Waals surface area contributed by atoms with Crippen molar-refractivity contribution in [3.8, 4) is 0 Å². The van der Waals surface area contributed by atoms with Gasteiger partial charge in [0.15, 0.2) is 5.69 Å². The van der Waals surface area contributed by atoms with E-state index >= 15 is 0 Å². The van der Waals surface area contributed by atoms with Gasteiger partial charge in [0, 0.05) is 32.2 Å². The van der Waals surface area contributed by atoms with Crippen LogP contribution in [-0.4, -0.2) is 144 Å². The molecule has 0 saturated carbocycles. The molecule has 8 amide bonds. The van der Waals surface area contributed by atoms with Gasteiger partial charge in [-0.3, -0.25) is 43.5 Å². The number of nitrogens with one attached hydrogen (secondary N) is 9. The molecule has 2 aliphatic heterocycles. The molecular weight excluding hydrogens is 1030 g/mol. The molecule has 0 radical (unpaired) electrons. The molecule has 430 valence electrons. The largest absolute Gasteiger partial charge is 0.351 e. The molecule has 1 aromatic heterocycles. The molecule has 0 spiro atoms. The van der Waals surface area contributed by atoms with Gasteiger partial charge >= 0.3 is 0 Å². The van der Waals surface area contributed by atoms with Crippen molar-refractivity contribution < 1.29 is 38.4 Å². The summed E-state index contributed by atoms with van der Waals surface area (Å²) in [4.78, 5) is 112. The van der Waals surface area contributed by atoms with Gasteiger partial charge in [0.2, 0.25) is 35.4 Å². The number of amides is 8. The highest BCUT2D eigenvalue weighted by Crippen LogP contribution is 2.27. The Morgan fingerprint density at radius 1 is 0.519 bits per heavy atom. The number of nitrogens with zero attached hydrogens (tertiary/aromatic N) is 3. The van der Waals surface area contributed by atoms with Gasteiger partial charge in [0.05, 0.1) is 24.2 Å². The van der Waals surface area contributed by atoms with Gasteiger partial charge in [-0.25, -0.2) is 0 Å². The number of unbranched alkanes of at least 4 members (excludes halogenated alkanes) is 2. The Morgan fingerprint density at radius 3 is 1.26 bits per heavy atom. The van der Waals surface area contributed by atoms with Crippen LogP contribution in [0.2, 0.25) is 0 Å². The van der Waals surface area contributed by atoms with Crippen LogP contribution in [-0.2, 0) is 28.8 Å². The van der Waals surface area contributed by atoms with E-state index in [1.807, 2.05) is 121 Å². The Bertz CT molecular complexity index is 2600. The van der Waals surface area contributed by atoms with Gasteiger partial charge < -0.3 is 52.3 Å². The standard InChI is InChI=1S/C61H78N12O8/c1-40(62-3)54(74)66-46(60(80)72-37-21-33-50(72)58(78)68-52(42-23-9-5-10-24-42)43-25-11-6-12-26-43)31-17-19-35-64-56(76)48-39-49(71-70-48)57(77)65-36-20-18-32-47(67-55(75)41(2)63-4)61(81)73-38-22-34-51(73)59(79)69-53(44-27-13-7-14-28-44)45-29-15-8-16-30-45/h5-16,23-30,39-41,46-47,50-53,62-63H,17-22,31-38H2,1-4H3,(H,64,76)(H,65,77)(H,66,74)(H,67,75)(H,68,78)(H,69,79)(H,70,71). The first-order valence-electron chi connectivity index (χ1n) is 28.3. The van der Waals surface area contributed by atoms with Crippen LogP contribution in [0.4, 0.5) is 0 Å². The van der Waals surface area contributed by atoms with Gasteiger partial charge in [-0.2, -0.15) is 5.10 Å². The zero-order valence-corrected chi connectivity index (χ0v) is 46.8. The summed E-state index contributed by atoms with van der Waals surface area (Å²) in [6.45, 7) is 4.56. The molecule has 7 rings (SSSR count). The van der Waals surface area contributed by atoms with E-state index in [9.17, 15) is 38.4 Å². The highest BCUT2D eigenvalue weighted by molar-refractivity contribution is 5.98. The first kappa shape index (κ1) is 60.4. The maximum atomic E-state index is 14.3. The number of likely N-dealkylation sites (tertiary alicyclic amines) is 2. The Hall–Kier alpha value is -8.23. The SMILES string of the molecule is CNC(C)C(=O)NC(CCCCNC(=O)c1cc(C(=O)NCCCCC(NC(=O)C(C)NC)C(=O)N2CCCC2C(=O)NC(c2ccccc2)c2ccccc2)[nH]n1)C(=O)N1CCCC1C(=O)NC(c1ccccc1)c1ccccc1. The van der Waals surface area contributed by atoms with Crippen LogP contribution in [0.1, 0.15) is 133 Å². The molecule has 3 heterocycles. The molecule has 20 nitrogen and oxygen atoms in total. The summed E-state index contributed by atoms with van der Waals surface area (Å²) in [7, 11) is 3.31. The molecule has 6 unspecified atom stereocenters. The van der Waals surface area contributed by atoms with Crippen molar-refractivity contribution in [2.24, 2.45) is 0 Å². The molecule has 6 atom stereocenters. The number of hydrogen-bond donors (Lipinski definition) is 9. The maximum absolute atomic E-state index is 14.3. The summed E-state index contributed by atoms with van der Waals surface area (Å²) >= 11 is 0. The minimum absolute atomic E-state index is 0.000848. The first-order valence-corrected chi connectivity index (χ1v) is 28.3. The molecule has 4 aromatic carbocycles. The second-order valence-corrected chi connectivity index (χ2v) is 20.7. The van der Waals surface area contributed by atoms with Crippen molar-refractivity contribution in [1.82, 2.24) is 62.5 Å². The third-order valence-electron chi connectivity index (χ3n) is 15.1. The number of aromatic amines is 1. The minimum Gasteiger partial charge on any atom is -0.351 e. The van der Waals surface area contributed by atoms with E-state index in [1.54, 1.807) is 37.7 Å². The van der Waals surface area contributed by atoms with Crippen LogP contribution in [0, 0.1) is 0 Å². The van der Waals surface area contributed by atoms with Crippen molar-refractivity contribution >= 4 is 47.3 Å². The number of H-pyrrole nitrogens is 1. The third kappa shape index (κ3) is 16.7. The first-order chi connectivity index (χ1) is 39.3. The molecule has 81 heavy (non-hydrogen) atoms. The van der Waals surface area contributed by atoms with E-state index in [4.69, 9.17) is 0 Å². The molecule has 5 aromatic rings. The summed E-state index contributed by atoms with van der Waals surface area (Å²) in [6, 6.07) is 34.7. The molecule has 2 fully saturated rings. The molecular formula is C61H78N12O8. The monoisotopic (exact) mass is 1110 g/mol. The van der Waals surface area contributed by atoms with Crippen LogP contribution in [0.5, 0.6) is 0 Å². The van der Waals surface area contributed by atoms with E-state index in [2.05, 4.69) is 52.7 Å². The van der Waals surface area contributed by atoms with Crippen LogP contribution in [0.25, 0.3) is 0 Å². The summed E-state index contributed by atoms with van der Waals surface area (Å²) < 4.78 is 0. The van der Waals surface area contributed by atoms with E-state index < -0.39 is 60.1 Å². The Kier molecular flexibility index (Phi) is 22.7. The maximum Gasteiger partial charge on any atom is 0.271 e. The Labute approximate surface area is 474 Å². The zero-order chi connectivity index (χ0) is 57.7. The average molecular weight is 1110 g/mol. The highest BCUT2D eigenvalue weighted by Gasteiger charge is 2.40. The van der Waals surface area contributed by atoms with Gasteiger partial charge in [-0.1, -0.05) is 121 Å². The fourth-order valence-electron chi connectivity index (χ4n) is 10.2. The summed E-state index contributed by atoms with van der Waals surface area (Å²) in [5, 5.41) is 30.3. The quantitative estimate of drug-likeness (QED) is 0.0321. The van der Waals surface area contributed by atoms with E-state index in [-0.39, 0.29) is 72.8 Å². The van der Waals surface area contributed by atoms with Crippen molar-refractivity contribution in [2.45, 2.75) is 126 Å². The van der Waals surface area contributed by atoms with Crippen LogP contribution in [0.15, 0.2) is 127 Å². The number of aromatic nitrogens is 2. The zero-order valence-electron chi connectivity index (χ0n) is 46.8. The van der Waals surface area contributed by atoms with Gasteiger partial charge in [0.1, 0.15) is 29.9 Å². The van der Waals surface area contributed by atoms with Crippen molar-refractivity contribution in [1.29, 1.82) is 0 Å². The number of carbonyl (C=O) groups is 8. The number of rotatable bonds is 28. The summed E-state index contributed by atoms with van der Waals surface area (Å²) in [5.41, 5.74) is 3.69. The minimum atomic E-state index is -0.914. The fraction of sp³-hybridized carbons (Fsp3) is 0.426. The van der Waals surface area contributed by atoms with Crippen LogP contribution in [0.3, 0.4) is 0 Å². The lowest BCUT2D eigenvalue weighted by Crippen LogP contribution is -2.55. The van der Waals surface area contributed by atoms with Gasteiger partial charge in [0.25, 0.3) is 11.8 Å². The number of carbonyl (C=O) groups excluding carboxylic acids is 8. The predicted octanol–water partition coefficient (Wildman–Crippen LogP) is 4.19. The number of hydrogen-bond acceptors (Lipinski definition) is 11. The number of likely N-dealkylation sites (N-methyl/N-ethyl adjacent to an activating group) is 2. The lowest BCUT2D eigenvalue weighted by molar-refractivity contribution is -0.142. The molecule has 20 heteroatoms. The van der Waals surface area contributed by atoms with Crippen LogP contribution >= 0.6 is 0 Å². The molecule has 2 aliphatic rings. The van der Waals surface area contributed by atoms with Crippen molar-refractivity contribution in [3.05, 3.63) is 161 Å². The average Bonchev–Trinajstić information content (AvgIpc) is 4.46. The van der Waals surface area contributed by atoms with Gasteiger partial charge in [-0.15, -0.1) is 0 Å². The van der Waals surface area contributed by atoms with E-state index in [0.29, 0.717) is 64.5 Å². The number of benzene rings is 4. The Morgan fingerprint density at radius 2 is 0.889 bits per heavy atom. The normalized spacial score (nSPS) is 16.5. The third-order valence-corrected chi connectivity index (χ3v) is 15.1. The van der Waals surface area contributed by atoms with Gasteiger partial charge in [-0.05, 0) is 114 Å². The smallest absolute Gasteiger partial charge is 0.271 e. The molecule has 0 aliphatic carbocycles. The van der Waals surface area contributed by atoms with Crippen molar-refractivity contribution in [3.63, 3.8) is 0 Å². The lowest BCUT2D eigenvalue weighted by atomic mass is 9.98. The van der Waals surface area contributed by atoms with Crippen molar-refractivity contribution in [2.75, 3.05) is 40.3 Å². The second kappa shape index (κ2) is 30.4. The topological polar surface area (TPSA) is 268 Å². The molecule has 0 bridgehead atoms. The fourth-order valence-corrected chi connectivity index (χ4v) is 10.2. The van der Waals surface area contributed by atoms with Crippen LogP contribution < -0.4 is 42.5 Å². The lowest BCUT2D eigenvalue weighted by Gasteiger charge is -2.30. The predicted molar refractivity (Wildman–Crippen MR) is 307 cm³/mol. The molecule has 9 N–H and O–H groups in total. The summed E-state index contributed by atoms with van der Waals surface area (Å²) in [5.74, 6) is -2.97. The van der Waals surface area contributed by atoms with E-state index in [0.717, 1.165) is 22.3 Å². The Balaban J connectivity index is 0.872. The molecule has 2 saturated heterocycles.